The van der Waals surface area contributed by atoms with E-state index >= 15 is 0 Å². The fourth-order valence-corrected chi connectivity index (χ4v) is 2.66. The van der Waals surface area contributed by atoms with Crippen LogP contribution < -0.4 is 16.2 Å². The maximum absolute atomic E-state index is 12.2. The van der Waals surface area contributed by atoms with E-state index in [1.807, 2.05) is 0 Å². The van der Waals surface area contributed by atoms with Gasteiger partial charge >= 0.3 is 0 Å². The Kier molecular flexibility index (Phi) is 6.01. The van der Waals surface area contributed by atoms with Gasteiger partial charge in [-0.1, -0.05) is 6.07 Å². The summed E-state index contributed by atoms with van der Waals surface area (Å²) in [6.07, 6.45) is 2.22. The second kappa shape index (κ2) is 8.81. The van der Waals surface area contributed by atoms with E-state index in [4.69, 9.17) is 4.42 Å². The highest BCUT2D eigenvalue weighted by Crippen LogP contribution is 2.16. The van der Waals surface area contributed by atoms with E-state index in [-0.39, 0.29) is 23.8 Å². The average molecular weight is 380 g/mol. The first-order valence-corrected chi connectivity index (χ1v) is 8.81. The number of aromatic nitrogens is 2. The summed E-state index contributed by atoms with van der Waals surface area (Å²) in [5.41, 5.74) is 1.52. The molecule has 0 atom stereocenters. The van der Waals surface area contributed by atoms with Crippen molar-refractivity contribution in [3.63, 3.8) is 0 Å². The number of carbonyl (C=O) groups is 2. The van der Waals surface area contributed by atoms with Gasteiger partial charge in [0.15, 0.2) is 5.76 Å². The van der Waals surface area contributed by atoms with Crippen molar-refractivity contribution in [3.05, 3.63) is 65.1 Å². The van der Waals surface area contributed by atoms with Gasteiger partial charge in [-0.3, -0.25) is 14.4 Å². The summed E-state index contributed by atoms with van der Waals surface area (Å²) in [6.45, 7) is 1.73. The Balaban J connectivity index is 1.55. The minimum atomic E-state index is -0.237. The lowest BCUT2D eigenvalue weighted by Gasteiger charge is -2.08. The molecule has 0 saturated carbocycles. The zero-order chi connectivity index (χ0) is 19.9. The van der Waals surface area contributed by atoms with Gasteiger partial charge < -0.3 is 15.1 Å². The van der Waals surface area contributed by atoms with Crippen LogP contribution in [0.2, 0.25) is 0 Å². The van der Waals surface area contributed by atoms with E-state index in [1.165, 1.54) is 23.9 Å². The Hall–Kier alpha value is -3.68. The molecule has 0 bridgehead atoms. The van der Waals surface area contributed by atoms with Crippen LogP contribution in [0.25, 0.3) is 11.5 Å². The molecule has 0 fully saturated rings. The van der Waals surface area contributed by atoms with Crippen molar-refractivity contribution in [3.8, 4) is 11.5 Å². The predicted octanol–water partition coefficient (Wildman–Crippen LogP) is 2.88. The molecule has 0 spiro atoms. The Labute approximate surface area is 161 Å². The zero-order valence-corrected chi connectivity index (χ0v) is 15.3. The normalized spacial score (nSPS) is 10.5. The van der Waals surface area contributed by atoms with Gasteiger partial charge in [0, 0.05) is 37.3 Å². The molecule has 0 saturated heterocycles. The third-order valence-corrected chi connectivity index (χ3v) is 3.88. The summed E-state index contributed by atoms with van der Waals surface area (Å²) >= 11 is 0. The SMILES string of the molecule is CC(=O)Nc1cccc(NC(=O)CCCn2nc(-c3ccco3)ccc2=O)c1. The smallest absolute Gasteiger partial charge is 0.266 e. The lowest BCUT2D eigenvalue weighted by atomic mass is 10.2. The Morgan fingerprint density at radius 3 is 2.57 bits per heavy atom. The minimum Gasteiger partial charge on any atom is -0.463 e. The number of nitrogens with one attached hydrogen (secondary N) is 2. The van der Waals surface area contributed by atoms with Crippen LogP contribution in [0, 0.1) is 0 Å². The number of benzene rings is 1. The topological polar surface area (TPSA) is 106 Å². The van der Waals surface area contributed by atoms with Gasteiger partial charge in [0.25, 0.3) is 5.56 Å². The van der Waals surface area contributed by atoms with Crippen molar-refractivity contribution >= 4 is 23.2 Å². The lowest BCUT2D eigenvalue weighted by Crippen LogP contribution is -2.23. The van der Waals surface area contributed by atoms with E-state index in [1.54, 1.807) is 42.5 Å². The number of hydrogen-bond acceptors (Lipinski definition) is 5. The molecule has 28 heavy (non-hydrogen) atoms. The van der Waals surface area contributed by atoms with Crippen molar-refractivity contribution in [2.24, 2.45) is 0 Å². The molecule has 8 heteroatoms. The maximum Gasteiger partial charge on any atom is 0.266 e. The van der Waals surface area contributed by atoms with E-state index in [2.05, 4.69) is 15.7 Å². The van der Waals surface area contributed by atoms with Gasteiger partial charge in [-0.25, -0.2) is 4.68 Å². The van der Waals surface area contributed by atoms with E-state index in [0.717, 1.165) is 0 Å². The predicted molar refractivity (Wildman–Crippen MR) is 105 cm³/mol. The van der Waals surface area contributed by atoms with Crippen molar-refractivity contribution in [2.45, 2.75) is 26.3 Å². The van der Waals surface area contributed by atoms with Crippen LogP contribution in [0.1, 0.15) is 19.8 Å². The molecule has 0 aliphatic heterocycles. The van der Waals surface area contributed by atoms with Gasteiger partial charge in [-0.2, -0.15) is 5.10 Å². The largest absolute Gasteiger partial charge is 0.463 e. The molecule has 0 aliphatic rings. The highest BCUT2D eigenvalue weighted by molar-refractivity contribution is 5.93. The Bertz CT molecular complexity index is 1020. The van der Waals surface area contributed by atoms with Crippen LogP contribution in [0.3, 0.4) is 0 Å². The Morgan fingerprint density at radius 1 is 1.07 bits per heavy atom. The summed E-state index contributed by atoms with van der Waals surface area (Å²) in [4.78, 5) is 35.2. The molecule has 2 aromatic heterocycles. The summed E-state index contributed by atoms with van der Waals surface area (Å²) in [5, 5.41) is 9.71. The molecule has 2 amide bonds. The summed E-state index contributed by atoms with van der Waals surface area (Å²) < 4.78 is 6.61. The van der Waals surface area contributed by atoms with E-state index < -0.39 is 0 Å². The first-order chi connectivity index (χ1) is 13.5. The minimum absolute atomic E-state index is 0.182. The van der Waals surface area contributed by atoms with Crippen LogP contribution >= 0.6 is 0 Å². The van der Waals surface area contributed by atoms with Gasteiger partial charge in [0.2, 0.25) is 11.8 Å². The molecule has 2 N–H and O–H groups in total. The molecular weight excluding hydrogens is 360 g/mol. The Morgan fingerprint density at radius 2 is 1.86 bits per heavy atom. The number of nitrogens with zero attached hydrogens (tertiary/aromatic N) is 2. The highest BCUT2D eigenvalue weighted by atomic mass is 16.3. The van der Waals surface area contributed by atoms with Crippen molar-refractivity contribution in [1.29, 1.82) is 0 Å². The van der Waals surface area contributed by atoms with E-state index in [0.29, 0.717) is 35.8 Å². The number of rotatable bonds is 7. The van der Waals surface area contributed by atoms with Crippen LogP contribution in [0.4, 0.5) is 11.4 Å². The third kappa shape index (κ3) is 5.16. The number of aryl methyl sites for hydroxylation is 1. The van der Waals surface area contributed by atoms with Gasteiger partial charge in [-0.15, -0.1) is 0 Å². The zero-order valence-electron chi connectivity index (χ0n) is 15.3. The molecule has 8 nitrogen and oxygen atoms in total. The molecular formula is C20H20N4O4. The van der Waals surface area contributed by atoms with Crippen molar-refractivity contribution < 1.29 is 14.0 Å². The van der Waals surface area contributed by atoms with Crippen LogP contribution in [0.5, 0.6) is 0 Å². The maximum atomic E-state index is 12.2. The monoisotopic (exact) mass is 380 g/mol. The second-order valence-corrected chi connectivity index (χ2v) is 6.17. The summed E-state index contributed by atoms with van der Waals surface area (Å²) in [6, 6.07) is 13.4. The average Bonchev–Trinajstić information content (AvgIpc) is 3.17. The fraction of sp³-hybridized carbons (Fsp3) is 0.200. The number of hydrogen-bond donors (Lipinski definition) is 2. The van der Waals surface area contributed by atoms with Gasteiger partial charge in [0.05, 0.1) is 6.26 Å². The van der Waals surface area contributed by atoms with Crippen LogP contribution in [-0.4, -0.2) is 21.6 Å². The number of anilines is 2. The number of carbonyl (C=O) groups excluding carboxylic acids is 2. The first-order valence-electron chi connectivity index (χ1n) is 8.81. The third-order valence-electron chi connectivity index (χ3n) is 3.88. The second-order valence-electron chi connectivity index (χ2n) is 6.17. The molecule has 0 radical (unpaired) electrons. The molecule has 3 aromatic rings. The quantitative estimate of drug-likeness (QED) is 0.655. The number of furan rings is 1. The number of amides is 2. The van der Waals surface area contributed by atoms with Crippen molar-refractivity contribution in [2.75, 3.05) is 10.6 Å². The summed E-state index contributed by atoms with van der Waals surface area (Å²) in [7, 11) is 0. The molecule has 3 rings (SSSR count). The van der Waals surface area contributed by atoms with Crippen molar-refractivity contribution in [1.82, 2.24) is 9.78 Å². The summed E-state index contributed by atoms with van der Waals surface area (Å²) in [5.74, 6) is 0.207. The molecule has 2 heterocycles. The highest BCUT2D eigenvalue weighted by Gasteiger charge is 2.08. The molecule has 0 aliphatic carbocycles. The van der Waals surface area contributed by atoms with Crippen LogP contribution in [-0.2, 0) is 16.1 Å². The van der Waals surface area contributed by atoms with E-state index in [9.17, 15) is 14.4 Å². The lowest BCUT2D eigenvalue weighted by molar-refractivity contribution is -0.116. The molecule has 144 valence electrons. The first kappa shape index (κ1) is 19.1. The van der Waals surface area contributed by atoms with Crippen LogP contribution in [0.15, 0.2) is 64.0 Å². The molecule has 0 unspecified atom stereocenters. The molecule has 1 aromatic carbocycles. The standard InChI is InChI=1S/C20H20N4O4/c1-14(25)21-15-5-2-6-16(13-15)22-19(26)8-3-11-24-20(27)10-9-17(23-24)18-7-4-12-28-18/h2,4-7,9-10,12-13H,3,8,11H2,1H3,(H,21,25)(H,22,26). The van der Waals surface area contributed by atoms with Gasteiger partial charge in [-0.05, 0) is 42.8 Å². The van der Waals surface area contributed by atoms with Gasteiger partial charge in [0.1, 0.15) is 5.69 Å². The fourth-order valence-electron chi connectivity index (χ4n) is 2.66.